The van der Waals surface area contributed by atoms with E-state index in [0.717, 1.165) is 0 Å². The van der Waals surface area contributed by atoms with Gasteiger partial charge >= 0.3 is 5.69 Å². The molecule has 0 aliphatic heterocycles. The van der Waals surface area contributed by atoms with E-state index < -0.39 is 5.69 Å². The van der Waals surface area contributed by atoms with Gasteiger partial charge in [-0.2, -0.15) is 0 Å². The maximum atomic E-state index is 10.6. The minimum atomic E-state index is -0.427. The van der Waals surface area contributed by atoms with Crippen LogP contribution >= 0.6 is 0 Å². The van der Waals surface area contributed by atoms with Gasteiger partial charge in [0.15, 0.2) is 0 Å². The van der Waals surface area contributed by atoms with Gasteiger partial charge in [0.1, 0.15) is 11.6 Å². The Morgan fingerprint density at radius 2 is 2.50 bits per heavy atom. The number of rotatable bonds is 3. The van der Waals surface area contributed by atoms with Crippen molar-refractivity contribution in [3.63, 3.8) is 0 Å². The van der Waals surface area contributed by atoms with Crippen molar-refractivity contribution in [1.29, 1.82) is 0 Å². The van der Waals surface area contributed by atoms with Gasteiger partial charge in [-0.05, 0) is 13.0 Å². The van der Waals surface area contributed by atoms with E-state index in [1.807, 2.05) is 0 Å². The Hall–Kier alpha value is -1.65. The Balaban J connectivity index is 2.64. The van der Waals surface area contributed by atoms with Crippen LogP contribution in [-0.4, -0.2) is 22.3 Å². The molecule has 0 atom stereocenters. The van der Waals surface area contributed by atoms with Gasteiger partial charge in [-0.1, -0.05) is 0 Å². The first-order valence-electron chi connectivity index (χ1n) is 3.47. The highest BCUT2D eigenvalue weighted by molar-refractivity contribution is 5.79. The van der Waals surface area contributed by atoms with Gasteiger partial charge in [0, 0.05) is 6.20 Å². The minimum Gasteiger partial charge on any atom is -0.364 e. The minimum absolute atomic E-state index is 0.00709. The van der Waals surface area contributed by atoms with Gasteiger partial charge in [0.2, 0.25) is 0 Å². The molecule has 0 aliphatic carbocycles. The van der Waals surface area contributed by atoms with E-state index >= 15 is 0 Å². The second-order valence-corrected chi connectivity index (χ2v) is 2.34. The van der Waals surface area contributed by atoms with Gasteiger partial charge in [0.25, 0.3) is 0 Å². The number of carbonyl (C=O) groups excluding carboxylic acids is 1. The van der Waals surface area contributed by atoms with Crippen LogP contribution in [0.3, 0.4) is 0 Å². The molecule has 0 saturated heterocycles. The van der Waals surface area contributed by atoms with Crippen molar-refractivity contribution >= 4 is 11.6 Å². The van der Waals surface area contributed by atoms with Crippen LogP contribution in [0.25, 0.3) is 0 Å². The second-order valence-electron chi connectivity index (χ2n) is 2.34. The molecule has 0 radical (unpaired) electrons. The average Bonchev–Trinajstić information content (AvgIpc) is 2.01. The first-order valence-corrected chi connectivity index (χ1v) is 3.47. The molecule has 5 heteroatoms. The van der Waals surface area contributed by atoms with Gasteiger partial charge < -0.3 is 5.32 Å². The summed E-state index contributed by atoms with van der Waals surface area (Å²) in [4.78, 5) is 27.0. The van der Waals surface area contributed by atoms with Crippen molar-refractivity contribution in [1.82, 2.24) is 9.97 Å². The van der Waals surface area contributed by atoms with E-state index in [2.05, 4.69) is 15.3 Å². The molecule has 5 nitrogen and oxygen atoms in total. The van der Waals surface area contributed by atoms with Gasteiger partial charge in [-0.25, -0.2) is 9.78 Å². The Morgan fingerprint density at radius 3 is 3.08 bits per heavy atom. The smallest absolute Gasteiger partial charge is 0.346 e. The molecule has 1 aromatic heterocycles. The maximum Gasteiger partial charge on any atom is 0.346 e. The molecule has 0 amide bonds. The zero-order valence-electron chi connectivity index (χ0n) is 6.63. The number of Topliss-reactive ketones (excluding diaryl/α,β-unsaturated/α-hetero) is 1. The maximum absolute atomic E-state index is 10.6. The fourth-order valence-electron chi connectivity index (χ4n) is 0.691. The van der Waals surface area contributed by atoms with Crippen molar-refractivity contribution in [2.45, 2.75) is 6.92 Å². The fraction of sp³-hybridized carbons (Fsp3) is 0.286. The average molecular weight is 167 g/mol. The van der Waals surface area contributed by atoms with Crippen LogP contribution in [0.4, 0.5) is 5.82 Å². The van der Waals surface area contributed by atoms with Crippen LogP contribution in [0.1, 0.15) is 6.92 Å². The lowest BCUT2D eigenvalue weighted by molar-refractivity contribution is -0.115. The molecule has 0 fully saturated rings. The van der Waals surface area contributed by atoms with Crippen molar-refractivity contribution in [3.05, 3.63) is 22.7 Å². The monoisotopic (exact) mass is 167 g/mol. The summed E-state index contributed by atoms with van der Waals surface area (Å²) in [5.74, 6) is 0.512. The number of aromatic amines is 1. The van der Waals surface area contributed by atoms with E-state index in [1.165, 1.54) is 13.1 Å². The molecule has 0 saturated carbocycles. The Bertz CT molecular complexity index is 331. The third-order valence-corrected chi connectivity index (χ3v) is 1.20. The third kappa shape index (κ3) is 2.53. The highest BCUT2D eigenvalue weighted by Gasteiger charge is 1.94. The molecule has 1 heterocycles. The lowest BCUT2D eigenvalue weighted by Crippen LogP contribution is -2.16. The standard InChI is InChI=1S/C7H9N3O2/c1-5(11)4-9-6-2-3-8-7(12)10-6/h2-3H,4H2,1H3,(H2,8,9,10,12). The zero-order chi connectivity index (χ0) is 8.97. The molecule has 2 N–H and O–H groups in total. The molecule has 1 rings (SSSR count). The van der Waals surface area contributed by atoms with Gasteiger partial charge in [-0.15, -0.1) is 0 Å². The summed E-state index contributed by atoms with van der Waals surface area (Å²) in [5.41, 5.74) is -0.427. The zero-order valence-corrected chi connectivity index (χ0v) is 6.63. The van der Waals surface area contributed by atoms with Gasteiger partial charge in [-0.3, -0.25) is 9.78 Å². The Morgan fingerprint density at radius 1 is 1.75 bits per heavy atom. The molecule has 0 unspecified atom stereocenters. The molecular formula is C7H9N3O2. The number of nitrogens with zero attached hydrogens (tertiary/aromatic N) is 1. The number of hydrogen-bond acceptors (Lipinski definition) is 4. The highest BCUT2D eigenvalue weighted by Crippen LogP contribution is 1.93. The number of ketones is 1. The van der Waals surface area contributed by atoms with Crippen LogP contribution < -0.4 is 11.0 Å². The molecule has 0 spiro atoms. The predicted molar refractivity (Wildman–Crippen MR) is 44.0 cm³/mol. The normalized spacial score (nSPS) is 9.42. The quantitative estimate of drug-likeness (QED) is 0.652. The number of carbonyl (C=O) groups is 1. The molecule has 64 valence electrons. The van der Waals surface area contributed by atoms with E-state index in [-0.39, 0.29) is 12.3 Å². The summed E-state index contributed by atoms with van der Waals surface area (Å²) in [7, 11) is 0. The van der Waals surface area contributed by atoms with E-state index in [4.69, 9.17) is 0 Å². The van der Waals surface area contributed by atoms with Gasteiger partial charge in [0.05, 0.1) is 6.54 Å². The topological polar surface area (TPSA) is 74.8 Å². The molecule has 0 aliphatic rings. The third-order valence-electron chi connectivity index (χ3n) is 1.20. The van der Waals surface area contributed by atoms with Crippen LogP contribution in [0.15, 0.2) is 17.1 Å². The van der Waals surface area contributed by atoms with Crippen molar-refractivity contribution in [2.24, 2.45) is 0 Å². The van der Waals surface area contributed by atoms with Crippen molar-refractivity contribution in [3.8, 4) is 0 Å². The van der Waals surface area contributed by atoms with Crippen molar-refractivity contribution in [2.75, 3.05) is 11.9 Å². The highest BCUT2D eigenvalue weighted by atomic mass is 16.1. The molecule has 0 aromatic carbocycles. The van der Waals surface area contributed by atoms with Crippen LogP contribution in [0.2, 0.25) is 0 Å². The van der Waals surface area contributed by atoms with E-state index in [0.29, 0.717) is 5.82 Å². The number of hydrogen-bond donors (Lipinski definition) is 2. The van der Waals surface area contributed by atoms with Crippen LogP contribution in [0, 0.1) is 0 Å². The summed E-state index contributed by atoms with van der Waals surface area (Å²) in [6, 6.07) is 1.59. The van der Waals surface area contributed by atoms with E-state index in [9.17, 15) is 9.59 Å². The summed E-state index contributed by atoms with van der Waals surface area (Å²) in [5, 5.41) is 2.74. The summed E-state index contributed by atoms with van der Waals surface area (Å²) >= 11 is 0. The van der Waals surface area contributed by atoms with E-state index in [1.54, 1.807) is 6.07 Å². The number of nitrogens with one attached hydrogen (secondary N) is 2. The van der Waals surface area contributed by atoms with Crippen LogP contribution in [0.5, 0.6) is 0 Å². The second kappa shape index (κ2) is 3.66. The molecule has 1 aromatic rings. The van der Waals surface area contributed by atoms with Crippen LogP contribution in [-0.2, 0) is 4.79 Å². The lowest BCUT2D eigenvalue weighted by Gasteiger charge is -2.00. The first kappa shape index (κ1) is 8.45. The molecule has 12 heavy (non-hydrogen) atoms. The summed E-state index contributed by atoms with van der Waals surface area (Å²) in [6.45, 7) is 1.67. The summed E-state index contributed by atoms with van der Waals surface area (Å²) < 4.78 is 0. The Labute approximate surface area is 68.8 Å². The van der Waals surface area contributed by atoms with Crippen molar-refractivity contribution < 1.29 is 4.79 Å². The number of H-pyrrole nitrogens is 1. The SMILES string of the molecule is CC(=O)CNc1ccnc(=O)[nH]1. The number of aromatic nitrogens is 2. The summed E-state index contributed by atoms with van der Waals surface area (Å²) in [6.07, 6.45) is 1.38. The number of anilines is 1. The largest absolute Gasteiger partial charge is 0.364 e. The first-order chi connectivity index (χ1) is 5.68. The molecular weight excluding hydrogens is 158 g/mol. The molecule has 0 bridgehead atoms. The lowest BCUT2D eigenvalue weighted by atomic mass is 10.4. The predicted octanol–water partition coefficient (Wildman–Crippen LogP) is -0.229. The Kier molecular flexibility index (Phi) is 2.57. The fourth-order valence-corrected chi connectivity index (χ4v) is 0.691.